The zero-order chi connectivity index (χ0) is 14.6. The van der Waals surface area contributed by atoms with Crippen molar-refractivity contribution in [2.45, 2.75) is 71.9 Å². The molecule has 1 rings (SSSR count). The van der Waals surface area contributed by atoms with Crippen molar-refractivity contribution in [1.82, 2.24) is 5.32 Å². The zero-order valence-corrected chi connectivity index (χ0v) is 12.8. The molecular weight excluding hydrogens is 242 g/mol. The molecule has 1 fully saturated rings. The topological polar surface area (TPSA) is 55.4 Å². The van der Waals surface area contributed by atoms with Crippen LogP contribution in [-0.2, 0) is 14.3 Å². The molecule has 0 aromatic rings. The summed E-state index contributed by atoms with van der Waals surface area (Å²) in [6.45, 7) is 9.34. The first-order chi connectivity index (χ1) is 8.70. The Bertz CT molecular complexity index is 325. The molecule has 0 aliphatic heterocycles. The van der Waals surface area contributed by atoms with E-state index in [1.165, 1.54) is 0 Å². The fraction of sp³-hybridized carbons (Fsp3) is 0.867. The van der Waals surface area contributed by atoms with Crippen LogP contribution in [0.5, 0.6) is 0 Å². The van der Waals surface area contributed by atoms with Gasteiger partial charge in [-0.3, -0.25) is 4.79 Å². The minimum Gasteiger partial charge on any atom is -0.458 e. The first-order valence-electron chi connectivity index (χ1n) is 7.24. The lowest BCUT2D eigenvalue weighted by atomic mass is 10.0. The molecule has 1 saturated carbocycles. The van der Waals surface area contributed by atoms with E-state index in [1.807, 2.05) is 34.6 Å². The van der Waals surface area contributed by atoms with Crippen LogP contribution in [0.15, 0.2) is 0 Å². The molecule has 0 unspecified atom stereocenters. The number of esters is 1. The van der Waals surface area contributed by atoms with E-state index in [-0.39, 0.29) is 23.7 Å². The van der Waals surface area contributed by atoms with Crippen LogP contribution in [0.4, 0.5) is 0 Å². The molecule has 4 heteroatoms. The first-order valence-corrected chi connectivity index (χ1v) is 7.24. The molecule has 0 spiro atoms. The van der Waals surface area contributed by atoms with E-state index < -0.39 is 11.6 Å². The summed E-state index contributed by atoms with van der Waals surface area (Å²) in [5.41, 5.74) is -0.525. The van der Waals surface area contributed by atoms with Gasteiger partial charge in [0.2, 0.25) is 5.91 Å². The van der Waals surface area contributed by atoms with Gasteiger partial charge >= 0.3 is 5.97 Å². The van der Waals surface area contributed by atoms with Gasteiger partial charge in [-0.1, -0.05) is 26.7 Å². The number of ether oxygens (including phenoxy) is 1. The van der Waals surface area contributed by atoms with Crippen LogP contribution < -0.4 is 5.32 Å². The van der Waals surface area contributed by atoms with Crippen molar-refractivity contribution in [3.63, 3.8) is 0 Å². The second-order valence-corrected chi connectivity index (χ2v) is 6.75. The van der Waals surface area contributed by atoms with Crippen molar-refractivity contribution in [1.29, 1.82) is 0 Å². The Kier molecular flexibility index (Phi) is 5.39. The molecule has 110 valence electrons. The summed E-state index contributed by atoms with van der Waals surface area (Å²) in [5, 5.41) is 2.87. The Labute approximate surface area is 116 Å². The molecule has 1 aliphatic rings. The normalized spacial score (nSPS) is 18.4. The smallest absolute Gasteiger partial charge is 0.329 e. The SMILES string of the molecule is CC(C)[C@H](NC(=O)C1CCCC1)C(=O)OC(C)(C)C. The van der Waals surface area contributed by atoms with Crippen molar-refractivity contribution in [3.8, 4) is 0 Å². The van der Waals surface area contributed by atoms with Crippen LogP contribution in [0.3, 0.4) is 0 Å². The summed E-state index contributed by atoms with van der Waals surface area (Å²) in [5.74, 6) is -0.236. The van der Waals surface area contributed by atoms with Crippen LogP contribution >= 0.6 is 0 Å². The first kappa shape index (κ1) is 16.0. The van der Waals surface area contributed by atoms with E-state index in [4.69, 9.17) is 4.74 Å². The van der Waals surface area contributed by atoms with Gasteiger partial charge in [0, 0.05) is 5.92 Å². The summed E-state index contributed by atoms with van der Waals surface area (Å²) in [6.07, 6.45) is 4.09. The predicted molar refractivity (Wildman–Crippen MR) is 74.6 cm³/mol. The van der Waals surface area contributed by atoms with E-state index in [9.17, 15) is 9.59 Å². The van der Waals surface area contributed by atoms with E-state index in [1.54, 1.807) is 0 Å². The third-order valence-corrected chi connectivity index (χ3v) is 3.35. The minimum absolute atomic E-state index is 0.00191. The van der Waals surface area contributed by atoms with Crippen molar-refractivity contribution in [2.75, 3.05) is 0 Å². The van der Waals surface area contributed by atoms with Gasteiger partial charge in [0.15, 0.2) is 0 Å². The molecule has 0 bridgehead atoms. The molecule has 1 atom stereocenters. The van der Waals surface area contributed by atoms with Gasteiger partial charge in [-0.15, -0.1) is 0 Å². The maximum absolute atomic E-state index is 12.1. The molecule has 0 saturated heterocycles. The number of carbonyl (C=O) groups is 2. The second-order valence-electron chi connectivity index (χ2n) is 6.75. The highest BCUT2D eigenvalue weighted by Crippen LogP contribution is 2.25. The average molecular weight is 269 g/mol. The van der Waals surface area contributed by atoms with E-state index >= 15 is 0 Å². The Morgan fingerprint density at radius 1 is 1.16 bits per heavy atom. The quantitative estimate of drug-likeness (QED) is 0.798. The molecule has 0 aromatic carbocycles. The molecule has 0 aromatic heterocycles. The average Bonchev–Trinajstić information content (AvgIpc) is 2.75. The molecule has 0 radical (unpaired) electrons. The van der Waals surface area contributed by atoms with E-state index in [0.29, 0.717) is 0 Å². The lowest BCUT2D eigenvalue weighted by Crippen LogP contribution is -2.48. The van der Waals surface area contributed by atoms with Crippen molar-refractivity contribution in [3.05, 3.63) is 0 Å². The van der Waals surface area contributed by atoms with Gasteiger partial charge in [-0.05, 0) is 39.5 Å². The highest BCUT2D eigenvalue weighted by molar-refractivity contribution is 5.86. The maximum Gasteiger partial charge on any atom is 0.329 e. The summed E-state index contributed by atoms with van der Waals surface area (Å²) in [7, 11) is 0. The Balaban J connectivity index is 2.62. The summed E-state index contributed by atoms with van der Waals surface area (Å²) in [4.78, 5) is 24.2. The number of rotatable bonds is 4. The Hall–Kier alpha value is -1.06. The lowest BCUT2D eigenvalue weighted by molar-refractivity contribution is -0.160. The highest BCUT2D eigenvalue weighted by atomic mass is 16.6. The monoisotopic (exact) mass is 269 g/mol. The van der Waals surface area contributed by atoms with Gasteiger partial charge in [-0.25, -0.2) is 4.79 Å². The van der Waals surface area contributed by atoms with Crippen LogP contribution in [0.1, 0.15) is 60.3 Å². The molecule has 19 heavy (non-hydrogen) atoms. The highest BCUT2D eigenvalue weighted by Gasteiger charge is 2.32. The van der Waals surface area contributed by atoms with Gasteiger partial charge in [0.1, 0.15) is 11.6 Å². The number of amides is 1. The van der Waals surface area contributed by atoms with Crippen LogP contribution in [0, 0.1) is 11.8 Å². The van der Waals surface area contributed by atoms with Crippen LogP contribution in [0.2, 0.25) is 0 Å². The largest absolute Gasteiger partial charge is 0.458 e. The molecule has 0 heterocycles. The zero-order valence-electron chi connectivity index (χ0n) is 12.8. The molecule has 1 amide bonds. The summed E-state index contributed by atoms with van der Waals surface area (Å²) < 4.78 is 5.37. The number of hydrogen-bond acceptors (Lipinski definition) is 3. The van der Waals surface area contributed by atoms with Gasteiger partial charge in [0.25, 0.3) is 0 Å². The fourth-order valence-electron chi connectivity index (χ4n) is 2.32. The van der Waals surface area contributed by atoms with Gasteiger partial charge in [-0.2, -0.15) is 0 Å². The van der Waals surface area contributed by atoms with E-state index in [2.05, 4.69) is 5.32 Å². The number of nitrogens with one attached hydrogen (secondary N) is 1. The summed E-state index contributed by atoms with van der Waals surface area (Å²) >= 11 is 0. The maximum atomic E-state index is 12.1. The molecule has 4 nitrogen and oxygen atoms in total. The third-order valence-electron chi connectivity index (χ3n) is 3.35. The van der Waals surface area contributed by atoms with Gasteiger partial charge in [0.05, 0.1) is 0 Å². The van der Waals surface area contributed by atoms with Crippen molar-refractivity contribution in [2.24, 2.45) is 11.8 Å². The standard InChI is InChI=1S/C15H27NO3/c1-10(2)12(14(18)19-15(3,4)5)16-13(17)11-8-6-7-9-11/h10-12H,6-9H2,1-5H3,(H,16,17)/t12-/m0/s1. The van der Waals surface area contributed by atoms with Crippen molar-refractivity contribution < 1.29 is 14.3 Å². The number of carbonyl (C=O) groups excluding carboxylic acids is 2. The number of hydrogen-bond donors (Lipinski definition) is 1. The molecular formula is C15H27NO3. The second kappa shape index (κ2) is 6.40. The third kappa shape index (κ3) is 5.21. The van der Waals surface area contributed by atoms with E-state index in [0.717, 1.165) is 25.7 Å². The summed E-state index contributed by atoms with van der Waals surface area (Å²) in [6, 6.07) is -0.549. The lowest BCUT2D eigenvalue weighted by Gasteiger charge is -2.27. The van der Waals surface area contributed by atoms with Crippen LogP contribution in [-0.4, -0.2) is 23.5 Å². The van der Waals surface area contributed by atoms with Crippen molar-refractivity contribution >= 4 is 11.9 Å². The minimum atomic E-state index is -0.549. The van der Waals surface area contributed by atoms with Crippen LogP contribution in [0.25, 0.3) is 0 Å². The predicted octanol–water partition coefficient (Wildman–Crippen LogP) is 2.66. The van der Waals surface area contributed by atoms with Gasteiger partial charge < -0.3 is 10.1 Å². The Morgan fingerprint density at radius 2 is 1.68 bits per heavy atom. The molecule has 1 aliphatic carbocycles. The Morgan fingerprint density at radius 3 is 2.11 bits per heavy atom. The molecule has 1 N–H and O–H groups in total. The fourth-order valence-corrected chi connectivity index (χ4v) is 2.32.